The van der Waals surface area contributed by atoms with Crippen LogP contribution in [0, 0.1) is 12.3 Å². The minimum atomic E-state index is 0.395. The summed E-state index contributed by atoms with van der Waals surface area (Å²) >= 11 is 3.53. The standard InChI is InChI=1S/C19H22BrN/c1-3-5-6-7-19(21-12-4-2)17-9-8-16-14-18(20)11-10-15(16)13-17/h1,8-11,13-14,19,21H,4-7,12H2,2H3. The molecule has 2 aromatic carbocycles. The van der Waals surface area contributed by atoms with E-state index in [0.717, 1.165) is 36.7 Å². The van der Waals surface area contributed by atoms with Gasteiger partial charge in [0.2, 0.25) is 0 Å². The third kappa shape index (κ3) is 4.59. The molecule has 110 valence electrons. The highest BCUT2D eigenvalue weighted by Crippen LogP contribution is 2.26. The highest BCUT2D eigenvalue weighted by Gasteiger charge is 2.10. The summed E-state index contributed by atoms with van der Waals surface area (Å²) in [5.41, 5.74) is 1.36. The first-order valence-corrected chi connectivity index (χ1v) is 8.40. The number of fused-ring (bicyclic) bond motifs is 1. The fraction of sp³-hybridized carbons (Fsp3) is 0.368. The van der Waals surface area contributed by atoms with E-state index in [0.29, 0.717) is 6.04 Å². The number of terminal acetylenes is 1. The third-order valence-electron chi connectivity index (χ3n) is 3.68. The smallest absolute Gasteiger partial charge is 0.0320 e. The van der Waals surface area contributed by atoms with E-state index < -0.39 is 0 Å². The fourth-order valence-corrected chi connectivity index (χ4v) is 2.94. The molecule has 0 aliphatic heterocycles. The van der Waals surface area contributed by atoms with Gasteiger partial charge in [-0.1, -0.05) is 41.1 Å². The van der Waals surface area contributed by atoms with Crippen LogP contribution in [0.5, 0.6) is 0 Å². The maximum absolute atomic E-state index is 5.37. The summed E-state index contributed by atoms with van der Waals surface area (Å²) in [6.45, 7) is 3.24. The molecule has 0 bridgehead atoms. The normalized spacial score (nSPS) is 12.2. The van der Waals surface area contributed by atoms with Gasteiger partial charge in [-0.3, -0.25) is 0 Å². The van der Waals surface area contributed by atoms with Crippen molar-refractivity contribution < 1.29 is 0 Å². The first-order chi connectivity index (χ1) is 10.2. The summed E-state index contributed by atoms with van der Waals surface area (Å²) in [6.07, 6.45) is 9.52. The van der Waals surface area contributed by atoms with Gasteiger partial charge in [0.1, 0.15) is 0 Å². The zero-order valence-corrected chi connectivity index (χ0v) is 14.1. The molecule has 1 atom stereocenters. The average Bonchev–Trinajstić information content (AvgIpc) is 2.50. The van der Waals surface area contributed by atoms with Crippen molar-refractivity contribution in [1.29, 1.82) is 0 Å². The molecular weight excluding hydrogens is 322 g/mol. The van der Waals surface area contributed by atoms with Crippen LogP contribution < -0.4 is 5.32 Å². The SMILES string of the molecule is C#CCCCC(NCCC)c1ccc2cc(Br)ccc2c1. The second-order valence-corrected chi connectivity index (χ2v) is 6.27. The Morgan fingerprint density at radius 1 is 1.19 bits per heavy atom. The van der Waals surface area contributed by atoms with Crippen LogP contribution in [0.3, 0.4) is 0 Å². The highest BCUT2D eigenvalue weighted by molar-refractivity contribution is 9.10. The summed E-state index contributed by atoms with van der Waals surface area (Å²) in [7, 11) is 0. The van der Waals surface area contributed by atoms with Gasteiger partial charge in [-0.15, -0.1) is 12.3 Å². The van der Waals surface area contributed by atoms with E-state index >= 15 is 0 Å². The third-order valence-corrected chi connectivity index (χ3v) is 4.18. The van der Waals surface area contributed by atoms with Crippen LogP contribution in [-0.4, -0.2) is 6.54 Å². The molecule has 0 aromatic heterocycles. The van der Waals surface area contributed by atoms with Crippen LogP contribution in [0.4, 0.5) is 0 Å². The Morgan fingerprint density at radius 2 is 1.95 bits per heavy atom. The van der Waals surface area contributed by atoms with Gasteiger partial charge in [-0.25, -0.2) is 0 Å². The van der Waals surface area contributed by atoms with Crippen LogP contribution in [0.25, 0.3) is 10.8 Å². The summed E-state index contributed by atoms with van der Waals surface area (Å²) < 4.78 is 1.12. The molecule has 0 saturated heterocycles. The minimum absolute atomic E-state index is 0.395. The van der Waals surface area contributed by atoms with E-state index in [9.17, 15) is 0 Å². The van der Waals surface area contributed by atoms with Crippen LogP contribution in [0.2, 0.25) is 0 Å². The van der Waals surface area contributed by atoms with Gasteiger partial charge in [-0.2, -0.15) is 0 Å². The molecule has 0 saturated carbocycles. The minimum Gasteiger partial charge on any atom is -0.310 e. The number of benzene rings is 2. The van der Waals surface area contributed by atoms with Gasteiger partial charge in [0.25, 0.3) is 0 Å². The first kappa shape index (κ1) is 16.1. The molecule has 0 amide bonds. The van der Waals surface area contributed by atoms with Gasteiger partial charge in [0.15, 0.2) is 0 Å². The van der Waals surface area contributed by atoms with Crippen molar-refractivity contribution in [2.45, 2.75) is 38.6 Å². The first-order valence-electron chi connectivity index (χ1n) is 7.60. The maximum Gasteiger partial charge on any atom is 0.0320 e. The molecule has 21 heavy (non-hydrogen) atoms. The van der Waals surface area contributed by atoms with E-state index in [1.807, 2.05) is 0 Å². The molecule has 1 unspecified atom stereocenters. The van der Waals surface area contributed by atoms with Crippen LogP contribution in [-0.2, 0) is 0 Å². The molecule has 2 rings (SSSR count). The molecule has 0 fully saturated rings. The summed E-state index contributed by atoms with van der Waals surface area (Å²) in [5.74, 6) is 2.73. The predicted octanol–water partition coefficient (Wildman–Crippen LogP) is 5.45. The summed E-state index contributed by atoms with van der Waals surface area (Å²) in [4.78, 5) is 0. The van der Waals surface area contributed by atoms with Gasteiger partial charge in [0.05, 0.1) is 0 Å². The maximum atomic E-state index is 5.37. The van der Waals surface area contributed by atoms with Crippen LogP contribution >= 0.6 is 15.9 Å². The predicted molar refractivity (Wildman–Crippen MR) is 95.4 cm³/mol. The monoisotopic (exact) mass is 343 g/mol. The second-order valence-electron chi connectivity index (χ2n) is 5.35. The molecular formula is C19H22BrN. The Bertz CT molecular complexity index is 627. The molecule has 0 heterocycles. The Labute approximate surface area is 136 Å². The molecule has 0 spiro atoms. The molecule has 1 nitrogen and oxygen atoms in total. The Balaban J connectivity index is 2.21. The van der Waals surface area contributed by atoms with Crippen molar-refractivity contribution in [2.75, 3.05) is 6.54 Å². The van der Waals surface area contributed by atoms with E-state index in [-0.39, 0.29) is 0 Å². The largest absolute Gasteiger partial charge is 0.310 e. The topological polar surface area (TPSA) is 12.0 Å². The van der Waals surface area contributed by atoms with Crippen molar-refractivity contribution in [3.63, 3.8) is 0 Å². The number of halogens is 1. The molecule has 2 aromatic rings. The van der Waals surface area contributed by atoms with Crippen molar-refractivity contribution in [2.24, 2.45) is 0 Å². The van der Waals surface area contributed by atoms with E-state index in [2.05, 4.69) is 70.5 Å². The fourth-order valence-electron chi connectivity index (χ4n) is 2.57. The second kappa shape index (κ2) is 8.22. The Kier molecular flexibility index (Phi) is 6.29. The van der Waals surface area contributed by atoms with Crippen molar-refractivity contribution in [3.05, 3.63) is 46.4 Å². The highest BCUT2D eigenvalue weighted by atomic mass is 79.9. The van der Waals surface area contributed by atoms with Gasteiger partial charge < -0.3 is 5.32 Å². The zero-order chi connectivity index (χ0) is 15.1. The number of hydrogen-bond donors (Lipinski definition) is 1. The van der Waals surface area contributed by atoms with E-state index in [1.54, 1.807) is 0 Å². The molecule has 1 N–H and O–H groups in total. The Hall–Kier alpha value is -1.30. The number of rotatable bonds is 7. The van der Waals surface area contributed by atoms with E-state index in [1.165, 1.54) is 16.3 Å². The van der Waals surface area contributed by atoms with Crippen LogP contribution in [0.1, 0.15) is 44.2 Å². The lowest BCUT2D eigenvalue weighted by atomic mass is 9.98. The van der Waals surface area contributed by atoms with Crippen molar-refractivity contribution in [3.8, 4) is 12.3 Å². The average molecular weight is 344 g/mol. The van der Waals surface area contributed by atoms with E-state index in [4.69, 9.17) is 6.42 Å². The number of nitrogens with one attached hydrogen (secondary N) is 1. The number of unbranched alkanes of at least 4 members (excludes halogenated alkanes) is 1. The lowest BCUT2D eigenvalue weighted by Crippen LogP contribution is -2.22. The van der Waals surface area contributed by atoms with Crippen molar-refractivity contribution >= 4 is 26.7 Å². The molecule has 0 aliphatic carbocycles. The Morgan fingerprint density at radius 3 is 2.71 bits per heavy atom. The molecule has 0 radical (unpaired) electrons. The lowest BCUT2D eigenvalue weighted by molar-refractivity contribution is 0.488. The number of hydrogen-bond acceptors (Lipinski definition) is 1. The summed E-state index contributed by atoms with van der Waals surface area (Å²) in [5, 5.41) is 6.20. The van der Waals surface area contributed by atoms with Crippen molar-refractivity contribution in [1.82, 2.24) is 5.32 Å². The quantitative estimate of drug-likeness (QED) is 0.520. The molecule has 0 aliphatic rings. The zero-order valence-electron chi connectivity index (χ0n) is 12.5. The molecule has 2 heteroatoms. The van der Waals surface area contributed by atoms with Gasteiger partial charge in [0, 0.05) is 16.9 Å². The van der Waals surface area contributed by atoms with Gasteiger partial charge in [-0.05, 0) is 60.3 Å². The lowest BCUT2D eigenvalue weighted by Gasteiger charge is -2.19. The summed E-state index contributed by atoms with van der Waals surface area (Å²) in [6, 6.07) is 13.6. The van der Waals surface area contributed by atoms with Crippen LogP contribution in [0.15, 0.2) is 40.9 Å². The van der Waals surface area contributed by atoms with Gasteiger partial charge >= 0.3 is 0 Å².